The highest BCUT2D eigenvalue weighted by molar-refractivity contribution is 8.09. The maximum absolute atomic E-state index is 14.9. The van der Waals surface area contributed by atoms with Crippen molar-refractivity contribution in [2.75, 3.05) is 11.9 Å². The van der Waals surface area contributed by atoms with Crippen molar-refractivity contribution in [3.05, 3.63) is 83.3 Å². The molecule has 4 N–H and O–H groups in total. The van der Waals surface area contributed by atoms with Gasteiger partial charge in [0.15, 0.2) is 0 Å². The molecule has 11 heteroatoms. The van der Waals surface area contributed by atoms with Crippen molar-refractivity contribution in [3.8, 4) is 0 Å². The molecule has 2 atom stereocenters. The third-order valence-corrected chi connectivity index (χ3v) is 7.75. The predicted octanol–water partition coefficient (Wildman–Crippen LogP) is 2.93. The number of hydrogen-bond donors (Lipinski definition) is 3. The highest BCUT2D eigenvalue weighted by Crippen LogP contribution is 2.43. The molecule has 0 bridgehead atoms. The Morgan fingerprint density at radius 3 is 2.78 bits per heavy atom. The average Bonchev–Trinajstić information content (AvgIpc) is 3.50. The van der Waals surface area contributed by atoms with E-state index in [0.717, 1.165) is 5.82 Å². The molecule has 0 fully saturated rings. The topological polar surface area (TPSA) is 126 Å². The van der Waals surface area contributed by atoms with Crippen LogP contribution in [0.25, 0.3) is 4.91 Å². The van der Waals surface area contributed by atoms with Crippen LogP contribution in [0.15, 0.2) is 54.9 Å². The summed E-state index contributed by atoms with van der Waals surface area (Å²) in [5.41, 5.74) is 5.50. The number of fused-ring (bicyclic) bond motifs is 1. The Hall–Kier alpha value is -3.70. The number of primary amides is 1. The standard InChI is InChI=1S/C26H27FN6O3S/c1-26(2,36)15-6-7-16(18(27)12-15)20-13-17(23(28)34)24(37-20)31-21-5-3-4-19(30-21)25(35)33-11-10-32-9-8-29-22(32)14-33/h3-9,12-13,17,24,36H,10-11,14H2,1-2H3,(H2,28,34)(H,30,31). The number of imidazole rings is 1. The fourth-order valence-electron chi connectivity index (χ4n) is 4.39. The number of thioether (sulfide) groups is 1. The number of nitrogens with one attached hydrogen (secondary N) is 1. The normalized spacial score (nSPS) is 19.4. The van der Waals surface area contributed by atoms with Crippen LogP contribution in [-0.2, 0) is 23.5 Å². The third kappa shape index (κ3) is 5.09. The molecule has 3 aromatic rings. The Labute approximate surface area is 217 Å². The molecule has 192 valence electrons. The number of anilines is 1. The van der Waals surface area contributed by atoms with Crippen molar-refractivity contribution < 1.29 is 19.1 Å². The lowest BCUT2D eigenvalue weighted by atomic mass is 9.96. The number of carbonyl (C=O) groups is 2. The summed E-state index contributed by atoms with van der Waals surface area (Å²) in [5, 5.41) is 12.8. The van der Waals surface area contributed by atoms with E-state index in [1.165, 1.54) is 17.8 Å². The van der Waals surface area contributed by atoms with E-state index >= 15 is 0 Å². The molecule has 5 rings (SSSR count). The summed E-state index contributed by atoms with van der Waals surface area (Å²) < 4.78 is 17.0. The minimum Gasteiger partial charge on any atom is -0.386 e. The summed E-state index contributed by atoms with van der Waals surface area (Å²) in [6.07, 6.45) is 5.25. The fraction of sp³-hybridized carbons (Fsp3) is 0.308. The van der Waals surface area contributed by atoms with Crippen molar-refractivity contribution in [2.45, 2.75) is 37.9 Å². The van der Waals surface area contributed by atoms with E-state index in [-0.39, 0.29) is 11.6 Å². The molecule has 2 aromatic heterocycles. The molecule has 9 nitrogen and oxygen atoms in total. The van der Waals surface area contributed by atoms with Crippen LogP contribution in [0.3, 0.4) is 0 Å². The molecule has 2 amide bonds. The Morgan fingerprint density at radius 2 is 2.05 bits per heavy atom. The van der Waals surface area contributed by atoms with Crippen LogP contribution < -0.4 is 11.1 Å². The second kappa shape index (κ2) is 9.64. The van der Waals surface area contributed by atoms with Crippen LogP contribution in [0.4, 0.5) is 10.2 Å². The van der Waals surface area contributed by atoms with E-state index in [0.29, 0.717) is 41.5 Å². The van der Waals surface area contributed by atoms with Crippen LogP contribution in [0.5, 0.6) is 0 Å². The number of carbonyl (C=O) groups excluding carboxylic acids is 2. The van der Waals surface area contributed by atoms with E-state index in [4.69, 9.17) is 5.73 Å². The molecule has 2 unspecified atom stereocenters. The van der Waals surface area contributed by atoms with E-state index in [1.54, 1.807) is 61.4 Å². The lowest BCUT2D eigenvalue weighted by Gasteiger charge is -2.27. The number of benzene rings is 1. The number of nitrogens with two attached hydrogens (primary N) is 1. The molecule has 0 radical (unpaired) electrons. The number of nitrogens with zero attached hydrogens (tertiary/aromatic N) is 4. The number of pyridine rings is 1. The van der Waals surface area contributed by atoms with Crippen molar-refractivity contribution in [1.29, 1.82) is 0 Å². The summed E-state index contributed by atoms with van der Waals surface area (Å²) >= 11 is 1.26. The van der Waals surface area contributed by atoms with E-state index in [9.17, 15) is 19.1 Å². The number of hydrogen-bond acceptors (Lipinski definition) is 7. The molecule has 0 spiro atoms. The van der Waals surface area contributed by atoms with E-state index < -0.39 is 28.6 Å². The SMILES string of the molecule is CC(C)(O)c1ccc(C2=CC(C(N)=O)C(Nc3cccc(C(=O)N4CCn5ccnc5C4)n3)S2)c(F)c1. The van der Waals surface area contributed by atoms with Gasteiger partial charge in [-0.05, 0) is 37.6 Å². The molecular weight excluding hydrogens is 495 g/mol. The molecule has 2 aliphatic rings. The van der Waals surface area contributed by atoms with Gasteiger partial charge in [-0.2, -0.15) is 0 Å². The summed E-state index contributed by atoms with van der Waals surface area (Å²) in [5.74, 6) is -0.783. The second-order valence-electron chi connectivity index (χ2n) is 9.57. The van der Waals surface area contributed by atoms with Crippen LogP contribution in [0.1, 0.15) is 41.3 Å². The lowest BCUT2D eigenvalue weighted by Crippen LogP contribution is -2.38. The minimum absolute atomic E-state index is 0.212. The molecule has 2 aliphatic heterocycles. The van der Waals surface area contributed by atoms with Gasteiger partial charge in [0, 0.05) is 36.0 Å². The van der Waals surface area contributed by atoms with E-state index in [1.807, 2.05) is 10.8 Å². The maximum Gasteiger partial charge on any atom is 0.273 e. The van der Waals surface area contributed by atoms with Gasteiger partial charge in [-0.3, -0.25) is 9.59 Å². The van der Waals surface area contributed by atoms with Crippen molar-refractivity contribution >= 4 is 34.3 Å². The summed E-state index contributed by atoms with van der Waals surface area (Å²) in [4.78, 5) is 36.4. The highest BCUT2D eigenvalue weighted by Gasteiger charge is 2.34. The van der Waals surface area contributed by atoms with Gasteiger partial charge in [-0.25, -0.2) is 14.4 Å². The van der Waals surface area contributed by atoms with Gasteiger partial charge in [-0.15, -0.1) is 0 Å². The zero-order valence-corrected chi connectivity index (χ0v) is 21.2. The number of aromatic nitrogens is 3. The minimum atomic E-state index is -1.18. The third-order valence-electron chi connectivity index (χ3n) is 6.47. The first-order valence-corrected chi connectivity index (χ1v) is 12.7. The molecule has 37 heavy (non-hydrogen) atoms. The highest BCUT2D eigenvalue weighted by atomic mass is 32.2. The van der Waals surface area contributed by atoms with Crippen molar-refractivity contribution in [3.63, 3.8) is 0 Å². The predicted molar refractivity (Wildman–Crippen MR) is 139 cm³/mol. The quantitative estimate of drug-likeness (QED) is 0.454. The summed E-state index contributed by atoms with van der Waals surface area (Å²) in [6, 6.07) is 9.60. The Balaban J connectivity index is 1.32. The smallest absolute Gasteiger partial charge is 0.273 e. The first kappa shape index (κ1) is 25.0. The number of halogens is 1. The van der Waals surface area contributed by atoms with Gasteiger partial charge in [-0.1, -0.05) is 36.0 Å². The maximum atomic E-state index is 14.9. The van der Waals surface area contributed by atoms with Crippen molar-refractivity contribution in [2.24, 2.45) is 11.7 Å². The molecule has 4 heterocycles. The van der Waals surface area contributed by atoms with Gasteiger partial charge in [0.25, 0.3) is 5.91 Å². The second-order valence-corrected chi connectivity index (χ2v) is 10.8. The molecule has 0 aliphatic carbocycles. The van der Waals surface area contributed by atoms with E-state index in [2.05, 4.69) is 15.3 Å². The Bertz CT molecular complexity index is 1400. The summed E-state index contributed by atoms with van der Waals surface area (Å²) in [6.45, 7) is 4.78. The Kier molecular flexibility index (Phi) is 6.50. The van der Waals surface area contributed by atoms with Crippen LogP contribution in [0.2, 0.25) is 0 Å². The average molecular weight is 523 g/mol. The fourth-order valence-corrected chi connectivity index (χ4v) is 5.72. The van der Waals surface area contributed by atoms with Gasteiger partial charge in [0.05, 0.1) is 23.4 Å². The van der Waals surface area contributed by atoms with Gasteiger partial charge in [0.2, 0.25) is 5.91 Å². The molecule has 0 saturated heterocycles. The van der Waals surface area contributed by atoms with Gasteiger partial charge in [0.1, 0.15) is 23.2 Å². The lowest BCUT2D eigenvalue weighted by molar-refractivity contribution is -0.120. The zero-order valence-electron chi connectivity index (χ0n) is 20.4. The van der Waals surface area contributed by atoms with Crippen LogP contribution in [-0.4, -0.2) is 48.3 Å². The largest absolute Gasteiger partial charge is 0.386 e. The Morgan fingerprint density at radius 1 is 1.24 bits per heavy atom. The summed E-state index contributed by atoms with van der Waals surface area (Å²) in [7, 11) is 0. The van der Waals surface area contributed by atoms with Gasteiger partial charge >= 0.3 is 0 Å². The molecule has 0 saturated carbocycles. The monoisotopic (exact) mass is 522 g/mol. The number of aliphatic hydroxyl groups is 1. The molecular formula is C26H27FN6O3S. The first-order valence-electron chi connectivity index (χ1n) is 11.8. The van der Waals surface area contributed by atoms with Crippen LogP contribution in [0, 0.1) is 11.7 Å². The molecule has 1 aromatic carbocycles. The van der Waals surface area contributed by atoms with Gasteiger partial charge < -0.3 is 25.6 Å². The number of rotatable bonds is 6. The van der Waals surface area contributed by atoms with Crippen molar-refractivity contribution in [1.82, 2.24) is 19.4 Å². The first-order chi connectivity index (χ1) is 17.6. The zero-order chi connectivity index (χ0) is 26.3. The number of amides is 2. The van der Waals surface area contributed by atoms with Crippen LogP contribution >= 0.6 is 11.8 Å².